The Labute approximate surface area is 107 Å². The molecule has 2 unspecified atom stereocenters. The van der Waals surface area contributed by atoms with E-state index in [1.807, 2.05) is 20.3 Å². The monoisotopic (exact) mass is 252 g/mol. The number of carbonyl (C=O) groups excluding carboxylic acids is 1. The second-order valence-corrected chi connectivity index (χ2v) is 4.77. The lowest BCUT2D eigenvalue weighted by atomic mass is 10.1. The zero-order valence-corrected chi connectivity index (χ0v) is 11.1. The Morgan fingerprint density at radius 2 is 2.50 bits per heavy atom. The predicted octanol–water partition coefficient (Wildman–Crippen LogP) is -0.245. The van der Waals surface area contributed by atoms with Crippen LogP contribution in [0.15, 0.2) is 12.4 Å². The van der Waals surface area contributed by atoms with Crippen LogP contribution in [-0.2, 0) is 23.1 Å². The van der Waals surface area contributed by atoms with Gasteiger partial charge in [-0.1, -0.05) is 0 Å². The molecule has 2 heterocycles. The number of hydrogen-bond acceptors (Lipinski definition) is 4. The Bertz CT molecular complexity index is 418. The molecular weight excluding hydrogens is 232 g/mol. The molecule has 1 N–H and O–H groups in total. The number of nitrogens with zero attached hydrogens (tertiary/aromatic N) is 3. The topological polar surface area (TPSA) is 59.4 Å². The van der Waals surface area contributed by atoms with Gasteiger partial charge in [-0.25, -0.2) is 0 Å². The molecule has 0 spiro atoms. The molecule has 100 valence electrons. The van der Waals surface area contributed by atoms with Crippen molar-refractivity contribution in [3.8, 4) is 0 Å². The van der Waals surface area contributed by atoms with Crippen molar-refractivity contribution in [1.82, 2.24) is 20.0 Å². The third kappa shape index (κ3) is 2.88. The first kappa shape index (κ1) is 13.0. The zero-order chi connectivity index (χ0) is 13.1. The maximum absolute atomic E-state index is 12.2. The molecule has 0 saturated carbocycles. The highest BCUT2D eigenvalue weighted by Gasteiger charge is 2.31. The molecule has 0 aromatic carbocycles. The summed E-state index contributed by atoms with van der Waals surface area (Å²) in [4.78, 5) is 13.9. The molecular formula is C12H20N4O2. The molecule has 2 atom stereocenters. The van der Waals surface area contributed by atoms with Crippen molar-refractivity contribution in [3.05, 3.63) is 18.0 Å². The van der Waals surface area contributed by atoms with Crippen LogP contribution in [0.5, 0.6) is 0 Å². The SMILES string of the molecule is COC1CNC(C(=O)N(C)Cc2cnn(C)c2)C1. The third-order valence-corrected chi connectivity index (χ3v) is 3.28. The van der Waals surface area contributed by atoms with Crippen LogP contribution in [0.2, 0.25) is 0 Å². The lowest BCUT2D eigenvalue weighted by Gasteiger charge is -2.20. The van der Waals surface area contributed by atoms with Gasteiger partial charge in [-0.3, -0.25) is 9.48 Å². The van der Waals surface area contributed by atoms with Crippen molar-refractivity contribution in [2.45, 2.75) is 25.1 Å². The lowest BCUT2D eigenvalue weighted by Crippen LogP contribution is -2.41. The van der Waals surface area contributed by atoms with E-state index in [1.165, 1.54) is 0 Å². The van der Waals surface area contributed by atoms with Crippen LogP contribution in [0.25, 0.3) is 0 Å². The number of rotatable bonds is 4. The summed E-state index contributed by atoms with van der Waals surface area (Å²) in [7, 11) is 5.36. The smallest absolute Gasteiger partial charge is 0.239 e. The van der Waals surface area contributed by atoms with Gasteiger partial charge >= 0.3 is 0 Å². The zero-order valence-electron chi connectivity index (χ0n) is 11.1. The summed E-state index contributed by atoms with van der Waals surface area (Å²) in [6.45, 7) is 1.33. The van der Waals surface area contributed by atoms with Crippen molar-refractivity contribution >= 4 is 5.91 Å². The first-order chi connectivity index (χ1) is 8.60. The van der Waals surface area contributed by atoms with Gasteiger partial charge in [-0.2, -0.15) is 5.10 Å². The van der Waals surface area contributed by atoms with Gasteiger partial charge in [0.05, 0.1) is 18.3 Å². The highest BCUT2D eigenvalue weighted by atomic mass is 16.5. The van der Waals surface area contributed by atoms with Crippen LogP contribution in [0.3, 0.4) is 0 Å². The number of likely N-dealkylation sites (N-methyl/N-ethyl adjacent to an activating group) is 1. The standard InChI is InChI=1S/C12H20N4O2/c1-15(7-9-5-14-16(2)8-9)12(17)11-4-10(18-3)6-13-11/h5,8,10-11,13H,4,6-7H2,1-3H3. The fraction of sp³-hybridized carbons (Fsp3) is 0.667. The summed E-state index contributed by atoms with van der Waals surface area (Å²) >= 11 is 0. The normalized spacial score (nSPS) is 23.3. The number of carbonyl (C=O) groups is 1. The van der Waals surface area contributed by atoms with Crippen LogP contribution < -0.4 is 5.32 Å². The van der Waals surface area contributed by atoms with Gasteiger partial charge in [0, 0.05) is 46.1 Å². The Morgan fingerprint density at radius 3 is 3.06 bits per heavy atom. The Kier molecular flexibility index (Phi) is 3.98. The second-order valence-electron chi connectivity index (χ2n) is 4.77. The van der Waals surface area contributed by atoms with Gasteiger partial charge < -0.3 is 15.0 Å². The van der Waals surface area contributed by atoms with E-state index in [0.717, 1.165) is 18.5 Å². The first-order valence-electron chi connectivity index (χ1n) is 6.09. The second kappa shape index (κ2) is 5.49. The van der Waals surface area contributed by atoms with Gasteiger partial charge in [0.25, 0.3) is 0 Å². The van der Waals surface area contributed by atoms with Crippen molar-refractivity contribution in [1.29, 1.82) is 0 Å². The van der Waals surface area contributed by atoms with Crippen molar-refractivity contribution < 1.29 is 9.53 Å². The van der Waals surface area contributed by atoms with Crippen LogP contribution >= 0.6 is 0 Å². The van der Waals surface area contributed by atoms with Crippen molar-refractivity contribution in [2.24, 2.45) is 7.05 Å². The van der Waals surface area contributed by atoms with E-state index in [4.69, 9.17) is 4.74 Å². The number of methoxy groups -OCH3 is 1. The Morgan fingerprint density at radius 1 is 1.72 bits per heavy atom. The van der Waals surface area contributed by atoms with Gasteiger partial charge in [0.2, 0.25) is 5.91 Å². The first-order valence-corrected chi connectivity index (χ1v) is 6.09. The van der Waals surface area contributed by atoms with E-state index in [9.17, 15) is 4.79 Å². The summed E-state index contributed by atoms with van der Waals surface area (Å²) in [5, 5.41) is 7.29. The largest absolute Gasteiger partial charge is 0.380 e. The summed E-state index contributed by atoms with van der Waals surface area (Å²) in [5.41, 5.74) is 1.04. The van der Waals surface area contributed by atoms with E-state index in [1.54, 1.807) is 22.9 Å². The van der Waals surface area contributed by atoms with E-state index in [-0.39, 0.29) is 18.1 Å². The molecule has 1 aromatic heterocycles. The van der Waals surface area contributed by atoms with E-state index >= 15 is 0 Å². The molecule has 1 fully saturated rings. The number of ether oxygens (including phenoxy) is 1. The van der Waals surface area contributed by atoms with E-state index < -0.39 is 0 Å². The maximum Gasteiger partial charge on any atom is 0.239 e. The quantitative estimate of drug-likeness (QED) is 0.803. The fourth-order valence-electron chi connectivity index (χ4n) is 2.24. The van der Waals surface area contributed by atoms with Gasteiger partial charge in [-0.05, 0) is 6.42 Å². The van der Waals surface area contributed by atoms with Crippen LogP contribution in [0.1, 0.15) is 12.0 Å². The number of nitrogens with one attached hydrogen (secondary N) is 1. The number of hydrogen-bond donors (Lipinski definition) is 1. The molecule has 6 nitrogen and oxygen atoms in total. The Balaban J connectivity index is 1.89. The molecule has 6 heteroatoms. The van der Waals surface area contributed by atoms with Gasteiger partial charge in [-0.15, -0.1) is 0 Å². The van der Waals surface area contributed by atoms with Crippen molar-refractivity contribution in [3.63, 3.8) is 0 Å². The molecule has 1 amide bonds. The summed E-state index contributed by atoms with van der Waals surface area (Å²) < 4.78 is 6.98. The fourth-order valence-corrected chi connectivity index (χ4v) is 2.24. The Hall–Kier alpha value is -1.40. The van der Waals surface area contributed by atoms with Crippen LogP contribution in [-0.4, -0.2) is 53.4 Å². The molecule has 2 rings (SSSR count). The molecule has 1 aromatic rings. The minimum atomic E-state index is -0.128. The average Bonchev–Trinajstić information content (AvgIpc) is 2.97. The molecule has 0 radical (unpaired) electrons. The molecule has 18 heavy (non-hydrogen) atoms. The summed E-state index contributed by atoms with van der Waals surface area (Å²) in [5.74, 6) is 0.110. The van der Waals surface area contributed by atoms with E-state index in [2.05, 4.69) is 10.4 Å². The molecule has 0 aliphatic carbocycles. The van der Waals surface area contributed by atoms with Crippen LogP contribution in [0.4, 0.5) is 0 Å². The molecule has 1 aliphatic heterocycles. The van der Waals surface area contributed by atoms with Crippen molar-refractivity contribution in [2.75, 3.05) is 20.7 Å². The molecule has 0 bridgehead atoms. The van der Waals surface area contributed by atoms with Crippen LogP contribution in [0, 0.1) is 0 Å². The third-order valence-electron chi connectivity index (χ3n) is 3.28. The number of aromatic nitrogens is 2. The highest BCUT2D eigenvalue weighted by molar-refractivity contribution is 5.82. The minimum Gasteiger partial charge on any atom is -0.380 e. The number of amides is 1. The maximum atomic E-state index is 12.2. The van der Waals surface area contributed by atoms with Gasteiger partial charge in [0.1, 0.15) is 0 Å². The summed E-state index contributed by atoms with van der Waals surface area (Å²) in [6, 6.07) is -0.128. The number of aryl methyl sites for hydroxylation is 1. The average molecular weight is 252 g/mol. The molecule has 1 saturated heterocycles. The summed E-state index contributed by atoms with van der Waals surface area (Å²) in [6.07, 6.45) is 4.59. The van der Waals surface area contributed by atoms with E-state index in [0.29, 0.717) is 6.54 Å². The van der Waals surface area contributed by atoms with Gasteiger partial charge in [0.15, 0.2) is 0 Å². The minimum absolute atomic E-state index is 0.110. The lowest BCUT2D eigenvalue weighted by molar-refractivity contribution is -0.132. The molecule has 1 aliphatic rings. The predicted molar refractivity (Wildman–Crippen MR) is 66.9 cm³/mol. The highest BCUT2D eigenvalue weighted by Crippen LogP contribution is 2.12.